The maximum atomic E-state index is 6.89. The Kier molecular flexibility index (Phi) is 56.7. The van der Waals surface area contributed by atoms with E-state index >= 15 is 0 Å². The van der Waals surface area contributed by atoms with Crippen LogP contribution in [0.15, 0.2) is 0 Å². The van der Waals surface area contributed by atoms with Crippen LogP contribution in [0.3, 0.4) is 0 Å². The number of alkyl halides is 2. The molecule has 8 heteroatoms. The Labute approximate surface area is 303 Å². The van der Waals surface area contributed by atoms with Crippen molar-refractivity contribution in [1.29, 1.82) is 0 Å². The van der Waals surface area contributed by atoms with Gasteiger partial charge in [-0.05, 0) is 12.8 Å². The van der Waals surface area contributed by atoms with E-state index in [0.717, 1.165) is 19.1 Å². The molecular formula is C32H70BrCl3MgOSn2. The zero-order valence-electron chi connectivity index (χ0n) is 28.0. The molecular weight excluding hydrogens is 848 g/mol. The largest absolute Gasteiger partial charge is 2.00 e. The fourth-order valence-electron chi connectivity index (χ4n) is 4.97. The number of hydrogen-bond donors (Lipinski definition) is 0. The summed E-state index contributed by atoms with van der Waals surface area (Å²) in [4.78, 5) is 0. The van der Waals surface area contributed by atoms with Gasteiger partial charge in [-0.2, -0.15) is 11.6 Å². The summed E-state index contributed by atoms with van der Waals surface area (Å²) in [7, 11) is 6.89. The predicted molar refractivity (Wildman–Crippen MR) is 193 cm³/mol. The minimum Gasteiger partial charge on any atom is -1.00 e. The van der Waals surface area contributed by atoms with Gasteiger partial charge in [-0.25, -0.2) is 0 Å². The first kappa shape index (κ1) is 53.2. The molecule has 1 rings (SSSR count). The second-order valence-corrected chi connectivity index (χ2v) is 42.5. The molecule has 0 aromatic carbocycles. The van der Waals surface area contributed by atoms with Gasteiger partial charge in [-0.1, -0.05) is 0 Å². The van der Waals surface area contributed by atoms with Crippen molar-refractivity contribution in [3.05, 3.63) is 6.92 Å². The van der Waals surface area contributed by atoms with E-state index in [-0.39, 0.29) is 40.0 Å². The predicted octanol–water partition coefficient (Wildman–Crippen LogP) is 10.1. The van der Waals surface area contributed by atoms with Crippen LogP contribution in [0.2, 0.25) is 31.1 Å². The van der Waals surface area contributed by atoms with Crippen LogP contribution in [0.5, 0.6) is 0 Å². The van der Waals surface area contributed by atoms with E-state index in [4.69, 9.17) is 36.9 Å². The van der Waals surface area contributed by atoms with Crippen LogP contribution in [-0.2, 0) is 4.74 Å². The van der Waals surface area contributed by atoms with Crippen molar-refractivity contribution in [1.82, 2.24) is 0 Å². The minimum atomic E-state index is -2.09. The van der Waals surface area contributed by atoms with Crippen LogP contribution in [0.25, 0.3) is 0 Å². The zero-order chi connectivity index (χ0) is 29.4. The van der Waals surface area contributed by atoms with Crippen molar-refractivity contribution in [3.8, 4) is 0 Å². The van der Waals surface area contributed by atoms with Crippen molar-refractivity contribution >= 4 is 90.8 Å². The number of hydrogen-bond acceptors (Lipinski definition) is 1. The summed E-state index contributed by atoms with van der Waals surface area (Å²) < 4.78 is 15.5. The first-order valence-corrected chi connectivity index (χ1v) is 35.3. The normalized spacial score (nSPS) is 12.4. The van der Waals surface area contributed by atoms with E-state index in [2.05, 4.69) is 48.5 Å². The molecule has 1 aliphatic heterocycles. The Bertz CT molecular complexity index is 386. The van der Waals surface area contributed by atoms with Crippen LogP contribution in [-0.4, -0.2) is 83.7 Å². The summed E-state index contributed by atoms with van der Waals surface area (Å²) >= 11 is 7.08. The van der Waals surface area contributed by atoms with Crippen LogP contribution in [0.4, 0.5) is 0 Å². The van der Waals surface area contributed by atoms with Crippen molar-refractivity contribution in [2.45, 2.75) is 162 Å². The molecule has 0 radical (unpaired) electrons. The molecule has 0 amide bonds. The van der Waals surface area contributed by atoms with E-state index in [1.807, 2.05) is 0 Å². The molecule has 0 bridgehead atoms. The van der Waals surface area contributed by atoms with E-state index in [1.54, 1.807) is 13.3 Å². The Morgan fingerprint density at radius 1 is 0.575 bits per heavy atom. The molecule has 242 valence electrons. The van der Waals surface area contributed by atoms with Crippen LogP contribution in [0, 0.1) is 6.92 Å². The van der Waals surface area contributed by atoms with Gasteiger partial charge in [0, 0.05) is 13.2 Å². The number of ether oxygens (including phenoxy) is 1. The van der Waals surface area contributed by atoms with Gasteiger partial charge in [0.2, 0.25) is 0 Å². The molecule has 0 aromatic rings. The Balaban J connectivity index is -0.000000154. The molecule has 40 heavy (non-hydrogen) atoms. The summed E-state index contributed by atoms with van der Waals surface area (Å²) in [6.45, 7) is 19.1. The molecule has 0 unspecified atom stereocenters. The Hall–Kier alpha value is 3.67. The monoisotopic (exact) mass is 918 g/mol. The second-order valence-electron chi connectivity index (χ2n) is 11.2. The average molecular weight is 919 g/mol. The van der Waals surface area contributed by atoms with Crippen molar-refractivity contribution < 1.29 is 21.7 Å². The summed E-state index contributed by atoms with van der Waals surface area (Å²) in [5.74, 6) is 1.41. The molecule has 1 nitrogen and oxygen atoms in total. The second kappa shape index (κ2) is 42.7. The van der Waals surface area contributed by atoms with Gasteiger partial charge < -0.3 is 28.6 Å². The first-order valence-electron chi connectivity index (χ1n) is 16.5. The molecule has 0 aromatic heterocycles. The molecule has 0 spiro atoms. The van der Waals surface area contributed by atoms with Gasteiger partial charge in [0.05, 0.1) is 0 Å². The minimum absolute atomic E-state index is 0. The SMILES string of the molecule is C1CCOC1.CCC[CH2][Sn]([CH2]CCl)([CH2]CCC)[CH2]CCC.CCC[CH2][Sn]([Cl])([CH2]CCC)[CH2]CCC.[Br-].[CH2-]CCl.[Mg+2]. The molecule has 1 heterocycles. The van der Waals surface area contributed by atoms with Gasteiger partial charge in [0.1, 0.15) is 0 Å². The van der Waals surface area contributed by atoms with Crippen LogP contribution >= 0.6 is 32.1 Å². The molecule has 1 aliphatic rings. The van der Waals surface area contributed by atoms with Crippen molar-refractivity contribution in [2.75, 3.05) is 25.0 Å². The third-order valence-corrected chi connectivity index (χ3v) is 39.0. The third-order valence-electron chi connectivity index (χ3n) is 7.57. The Morgan fingerprint density at radius 2 is 0.850 bits per heavy atom. The van der Waals surface area contributed by atoms with Gasteiger partial charge >= 0.3 is 235 Å². The van der Waals surface area contributed by atoms with Crippen molar-refractivity contribution in [3.63, 3.8) is 0 Å². The Morgan fingerprint density at radius 3 is 1.05 bits per heavy atom. The van der Waals surface area contributed by atoms with Crippen LogP contribution < -0.4 is 17.0 Å². The van der Waals surface area contributed by atoms with Gasteiger partial charge in [0.25, 0.3) is 0 Å². The van der Waals surface area contributed by atoms with E-state index in [9.17, 15) is 0 Å². The average Bonchev–Trinajstić information content (AvgIpc) is 3.52. The molecule has 0 aliphatic carbocycles. The summed E-state index contributed by atoms with van der Waals surface area (Å²) in [5, 5.41) is 0. The third kappa shape index (κ3) is 37.9. The fraction of sp³-hybridized carbons (Fsp3) is 0.969. The zero-order valence-corrected chi connectivity index (χ0v) is 39.0. The summed E-state index contributed by atoms with van der Waals surface area (Å²) in [6, 6.07) is 0. The molecule has 0 N–H and O–H groups in total. The van der Waals surface area contributed by atoms with E-state index < -0.39 is 35.6 Å². The van der Waals surface area contributed by atoms with Crippen LogP contribution in [0.1, 0.15) is 131 Å². The van der Waals surface area contributed by atoms with Gasteiger partial charge in [0.15, 0.2) is 0 Å². The maximum Gasteiger partial charge on any atom is 2.00 e. The summed E-state index contributed by atoms with van der Waals surface area (Å²) in [6.07, 6.45) is 19.2. The van der Waals surface area contributed by atoms with Gasteiger partial charge in [-0.3, -0.25) is 0 Å². The first-order chi connectivity index (χ1) is 18.3. The van der Waals surface area contributed by atoms with Gasteiger partial charge in [-0.15, -0.1) is 5.88 Å². The quantitative estimate of drug-likeness (QED) is 0.0672. The number of rotatable bonds is 20. The summed E-state index contributed by atoms with van der Waals surface area (Å²) in [5.41, 5.74) is 0. The number of halogens is 4. The topological polar surface area (TPSA) is 9.23 Å². The standard InChI is InChI=1S/C4H8O.6C4H9.2C2H4Cl.BrH.ClH.Mg.2Sn/c1-2-4-5-3-1;6*1-3-4-2;2*1-2-3;;;;;/h1-4H2;6*1,3-4H2,2H3;2*1-2H2;2*1H;;;/q;;;;;;;;-1;;;+2;;+1/p-2. The molecule has 0 atom stereocenters. The van der Waals surface area contributed by atoms with E-state index in [0.29, 0.717) is 5.88 Å². The maximum absolute atomic E-state index is 6.89. The molecule has 1 saturated heterocycles. The smallest absolute Gasteiger partial charge is 1.00 e. The fourth-order valence-corrected chi connectivity index (χ4v) is 35.8. The van der Waals surface area contributed by atoms with E-state index in [1.165, 1.54) is 108 Å². The molecule has 1 fully saturated rings. The number of unbranched alkanes of at least 4 members (excludes halogenated alkanes) is 6. The molecule has 0 saturated carbocycles. The van der Waals surface area contributed by atoms with Crippen molar-refractivity contribution in [2.24, 2.45) is 0 Å².